The lowest BCUT2D eigenvalue weighted by atomic mass is 9.64. The summed E-state index contributed by atoms with van der Waals surface area (Å²) < 4.78 is 0. The molecule has 0 saturated heterocycles. The van der Waals surface area contributed by atoms with Crippen LogP contribution in [0.3, 0.4) is 0 Å². The molecule has 0 aliphatic carbocycles. The molecule has 0 heterocycles. The summed E-state index contributed by atoms with van der Waals surface area (Å²) in [5.41, 5.74) is 12.5. The Bertz CT molecular complexity index is 996. The van der Waals surface area contributed by atoms with Gasteiger partial charge in [0, 0.05) is 5.92 Å². The van der Waals surface area contributed by atoms with Gasteiger partial charge >= 0.3 is 0 Å². The molecule has 0 aliphatic rings. The van der Waals surface area contributed by atoms with Crippen LogP contribution in [-0.4, -0.2) is 0 Å². The molecule has 2 aromatic rings. The number of hydrogen-bond acceptors (Lipinski definition) is 0. The van der Waals surface area contributed by atoms with E-state index in [9.17, 15) is 0 Å². The van der Waals surface area contributed by atoms with Crippen molar-refractivity contribution >= 4 is 0 Å². The van der Waals surface area contributed by atoms with Gasteiger partial charge in [-0.25, -0.2) is 0 Å². The first kappa shape index (κ1) is 33.6. The van der Waals surface area contributed by atoms with E-state index in [-0.39, 0.29) is 32.5 Å². The summed E-state index contributed by atoms with van der Waals surface area (Å²) in [4.78, 5) is 0. The summed E-state index contributed by atoms with van der Waals surface area (Å²) in [6, 6.07) is 10.2. The van der Waals surface area contributed by atoms with Crippen molar-refractivity contribution in [3.8, 4) is 0 Å². The average Bonchev–Trinajstić information content (AvgIpc) is 2.69. The van der Waals surface area contributed by atoms with Crippen molar-refractivity contribution in [2.45, 2.75) is 176 Å². The third-order valence-corrected chi connectivity index (χ3v) is 8.43. The van der Waals surface area contributed by atoms with E-state index in [1.165, 1.54) is 33.4 Å². The van der Waals surface area contributed by atoms with E-state index in [0.29, 0.717) is 5.92 Å². The molecule has 0 atom stereocenters. The minimum absolute atomic E-state index is 0.0408. The fourth-order valence-corrected chi connectivity index (χ4v) is 5.96. The van der Waals surface area contributed by atoms with Crippen molar-refractivity contribution in [3.63, 3.8) is 0 Å². The Morgan fingerprint density at radius 2 is 0.590 bits per heavy atom. The Labute approximate surface area is 244 Å². The van der Waals surface area contributed by atoms with Crippen molar-refractivity contribution in [3.05, 3.63) is 68.8 Å². The highest BCUT2D eigenvalue weighted by Crippen LogP contribution is 2.49. The van der Waals surface area contributed by atoms with Crippen LogP contribution >= 0.6 is 0 Å². The molecule has 0 N–H and O–H groups in total. The van der Waals surface area contributed by atoms with Crippen LogP contribution in [0, 0.1) is 0 Å². The Hall–Kier alpha value is -1.56. The van der Waals surface area contributed by atoms with Crippen molar-refractivity contribution in [2.24, 2.45) is 0 Å². The summed E-state index contributed by atoms with van der Waals surface area (Å²) in [6.45, 7) is 45.5. The zero-order valence-corrected chi connectivity index (χ0v) is 29.6. The molecule has 0 spiro atoms. The largest absolute Gasteiger partial charge is 0.0645 e. The highest BCUT2D eigenvalue weighted by molar-refractivity contribution is 5.57. The Morgan fingerprint density at radius 3 is 0.718 bits per heavy atom. The maximum Gasteiger partial charge on any atom is 0.00984 e. The molecule has 0 fully saturated rings. The lowest BCUT2D eigenvalue weighted by molar-refractivity contribution is 0.511. The molecule has 0 saturated carbocycles. The molecular formula is C39H64. The van der Waals surface area contributed by atoms with Gasteiger partial charge in [0.2, 0.25) is 0 Å². The average molecular weight is 533 g/mol. The van der Waals surface area contributed by atoms with Gasteiger partial charge in [-0.2, -0.15) is 0 Å². The molecule has 0 radical (unpaired) electrons. The molecule has 39 heavy (non-hydrogen) atoms. The van der Waals surface area contributed by atoms with Gasteiger partial charge in [0.05, 0.1) is 0 Å². The van der Waals surface area contributed by atoms with Crippen LogP contribution in [0.4, 0.5) is 0 Å². The van der Waals surface area contributed by atoms with E-state index >= 15 is 0 Å². The Morgan fingerprint density at radius 1 is 0.385 bits per heavy atom. The van der Waals surface area contributed by atoms with Crippen LogP contribution in [0.2, 0.25) is 0 Å². The summed E-state index contributed by atoms with van der Waals surface area (Å²) in [6.07, 6.45) is 1.09. The molecule has 2 rings (SSSR count). The van der Waals surface area contributed by atoms with E-state index in [2.05, 4.69) is 156 Å². The Kier molecular flexibility index (Phi) is 8.94. The standard InChI is InChI=1S/C39H64/c1-20-27(32-28(36(8,9)10)21-25(34(2,3)4)22-29(32)37(11,12)13)33-30(38(14,15)16)23-26(35(5,6)7)24-31(33)39(17,18)19/h21-24,27H,20H2,1-19H3. The zero-order valence-electron chi connectivity index (χ0n) is 29.6. The topological polar surface area (TPSA) is 0 Å². The van der Waals surface area contributed by atoms with Crippen molar-refractivity contribution in [1.29, 1.82) is 0 Å². The quantitative estimate of drug-likeness (QED) is 0.369. The first-order chi connectivity index (χ1) is 17.1. The van der Waals surface area contributed by atoms with Gasteiger partial charge in [-0.15, -0.1) is 0 Å². The van der Waals surface area contributed by atoms with Gasteiger partial charge in [-0.1, -0.05) is 156 Å². The predicted molar refractivity (Wildman–Crippen MR) is 177 cm³/mol. The maximum atomic E-state index is 2.56. The van der Waals surface area contributed by atoms with Gasteiger partial charge < -0.3 is 0 Å². The van der Waals surface area contributed by atoms with E-state index in [4.69, 9.17) is 0 Å². The summed E-state index contributed by atoms with van der Waals surface area (Å²) >= 11 is 0. The van der Waals surface area contributed by atoms with Crippen LogP contribution in [0.5, 0.6) is 0 Å². The number of rotatable bonds is 3. The molecule has 0 aliphatic heterocycles. The smallest absolute Gasteiger partial charge is 0.00984 e. The SMILES string of the molecule is CCC(c1c(C(C)(C)C)cc(C(C)(C)C)cc1C(C)(C)C)c1c(C(C)(C)C)cc(C(C)(C)C)cc1C(C)(C)C. The minimum atomic E-state index is 0.0408. The lowest BCUT2D eigenvalue weighted by Gasteiger charge is -2.40. The van der Waals surface area contributed by atoms with Gasteiger partial charge in [0.1, 0.15) is 0 Å². The summed E-state index contributed by atoms with van der Waals surface area (Å²) in [7, 11) is 0. The predicted octanol–water partition coefficient (Wildman–Crippen LogP) is 12.0. The van der Waals surface area contributed by atoms with E-state index < -0.39 is 0 Å². The highest BCUT2D eigenvalue weighted by Gasteiger charge is 2.37. The normalized spacial score (nSPS) is 14.4. The first-order valence-corrected chi connectivity index (χ1v) is 15.5. The zero-order chi connectivity index (χ0) is 30.7. The van der Waals surface area contributed by atoms with Crippen LogP contribution in [0.25, 0.3) is 0 Å². The fraction of sp³-hybridized carbons (Fsp3) is 0.692. The van der Waals surface area contributed by atoms with Crippen LogP contribution in [0.1, 0.15) is 188 Å². The van der Waals surface area contributed by atoms with Gasteiger partial charge in [-0.05, 0) is 83.4 Å². The van der Waals surface area contributed by atoms with Crippen LogP contribution < -0.4 is 0 Å². The van der Waals surface area contributed by atoms with Gasteiger partial charge in [0.25, 0.3) is 0 Å². The summed E-state index contributed by atoms with van der Waals surface area (Å²) in [5.74, 6) is 0.333. The molecule has 0 amide bonds. The molecule has 0 bridgehead atoms. The second-order valence-corrected chi connectivity index (χ2v) is 18.4. The molecule has 2 aromatic carbocycles. The Balaban J connectivity index is 3.29. The van der Waals surface area contributed by atoms with Gasteiger partial charge in [-0.3, -0.25) is 0 Å². The fourth-order valence-electron chi connectivity index (χ4n) is 5.96. The van der Waals surface area contributed by atoms with E-state index in [1.807, 2.05) is 0 Å². The van der Waals surface area contributed by atoms with Crippen molar-refractivity contribution < 1.29 is 0 Å². The molecule has 0 unspecified atom stereocenters. The van der Waals surface area contributed by atoms with Crippen molar-refractivity contribution in [1.82, 2.24) is 0 Å². The third-order valence-electron chi connectivity index (χ3n) is 8.43. The lowest BCUT2D eigenvalue weighted by Crippen LogP contribution is -2.29. The maximum absolute atomic E-state index is 2.56. The van der Waals surface area contributed by atoms with Gasteiger partial charge in [0.15, 0.2) is 0 Å². The van der Waals surface area contributed by atoms with Crippen LogP contribution in [0.15, 0.2) is 24.3 Å². The first-order valence-electron chi connectivity index (χ1n) is 15.5. The molecule has 220 valence electrons. The second-order valence-electron chi connectivity index (χ2n) is 18.4. The van der Waals surface area contributed by atoms with E-state index in [1.54, 1.807) is 11.1 Å². The number of benzene rings is 2. The molecular weight excluding hydrogens is 468 g/mol. The molecule has 0 aromatic heterocycles. The minimum Gasteiger partial charge on any atom is -0.0645 e. The van der Waals surface area contributed by atoms with E-state index in [0.717, 1.165) is 6.42 Å². The summed E-state index contributed by atoms with van der Waals surface area (Å²) in [5, 5.41) is 0. The van der Waals surface area contributed by atoms with Crippen molar-refractivity contribution in [2.75, 3.05) is 0 Å². The second kappa shape index (κ2) is 10.4. The highest BCUT2D eigenvalue weighted by atomic mass is 14.4. The van der Waals surface area contributed by atoms with Crippen LogP contribution in [-0.2, 0) is 32.5 Å². The molecule has 0 nitrogen and oxygen atoms in total. The third kappa shape index (κ3) is 7.40. The molecule has 0 heteroatoms. The number of hydrogen-bond donors (Lipinski definition) is 0. The monoisotopic (exact) mass is 533 g/mol.